The number of carbonyl (C=O) groups excluding carboxylic acids is 3. The van der Waals surface area contributed by atoms with Gasteiger partial charge in [-0.2, -0.15) is 0 Å². The van der Waals surface area contributed by atoms with Crippen molar-refractivity contribution in [1.82, 2.24) is 0 Å². The molecule has 0 aromatic carbocycles. The molecule has 5 rings (SSSR count). The number of carbonyl (C=O) groups is 3. The lowest BCUT2D eigenvalue weighted by molar-refractivity contribution is -0.198. The van der Waals surface area contributed by atoms with E-state index in [0.717, 1.165) is 38.5 Å². The fraction of sp³-hybridized carbons (Fsp3) is 0.897. The standard InChI is InChI=1S/C29H44O5/c1-16-6-11-24(34-27(16)32)17(2)22-9-10-23-21-8-7-19-14-20(31)12-13-28(19,4)26(21)25(33-18(3)30)15-29(22,23)5/h16-17,19,21-26H,6-15H2,1-5H3/t16-,17+,19+,21+,22-,23+,24-,25-,26-,28+,29-/m1/s1. The van der Waals surface area contributed by atoms with Crippen molar-refractivity contribution >= 4 is 17.7 Å². The van der Waals surface area contributed by atoms with Crippen LogP contribution in [0.25, 0.3) is 0 Å². The first-order chi connectivity index (χ1) is 16.0. The van der Waals surface area contributed by atoms with Crippen LogP contribution in [0.4, 0.5) is 0 Å². The largest absolute Gasteiger partial charge is 0.462 e. The minimum atomic E-state index is -0.179. The second-order valence-electron chi connectivity index (χ2n) is 13.2. The molecule has 5 heteroatoms. The van der Waals surface area contributed by atoms with Gasteiger partial charge in [-0.15, -0.1) is 0 Å². The third-order valence-corrected chi connectivity index (χ3v) is 11.6. The highest BCUT2D eigenvalue weighted by molar-refractivity contribution is 5.79. The maximum atomic E-state index is 12.3. The van der Waals surface area contributed by atoms with Crippen molar-refractivity contribution in [2.75, 3.05) is 0 Å². The Kier molecular flexibility index (Phi) is 6.16. The van der Waals surface area contributed by atoms with E-state index >= 15 is 0 Å². The smallest absolute Gasteiger partial charge is 0.308 e. The summed E-state index contributed by atoms with van der Waals surface area (Å²) < 4.78 is 12.1. The van der Waals surface area contributed by atoms with Gasteiger partial charge in [-0.25, -0.2) is 0 Å². The Labute approximate surface area is 205 Å². The maximum Gasteiger partial charge on any atom is 0.308 e. The molecule has 0 aromatic rings. The van der Waals surface area contributed by atoms with Crippen molar-refractivity contribution in [3.8, 4) is 0 Å². The highest BCUT2D eigenvalue weighted by atomic mass is 16.5. The molecule has 1 heterocycles. The molecule has 4 saturated carbocycles. The van der Waals surface area contributed by atoms with E-state index in [-0.39, 0.29) is 40.9 Å². The van der Waals surface area contributed by atoms with Crippen molar-refractivity contribution in [3.05, 3.63) is 0 Å². The number of Topliss-reactive ketones (excluding diaryl/α,β-unsaturated/α-hetero) is 1. The molecule has 11 atom stereocenters. The minimum Gasteiger partial charge on any atom is -0.462 e. The van der Waals surface area contributed by atoms with Crippen LogP contribution < -0.4 is 0 Å². The normalized spacial score (nSPS) is 49.3. The van der Waals surface area contributed by atoms with Crippen LogP contribution in [-0.4, -0.2) is 29.9 Å². The number of ketones is 1. The average molecular weight is 473 g/mol. The first-order valence-corrected chi connectivity index (χ1v) is 13.9. The van der Waals surface area contributed by atoms with Crippen LogP contribution in [0, 0.1) is 52.3 Å². The number of rotatable bonds is 3. The summed E-state index contributed by atoms with van der Waals surface area (Å²) in [5, 5.41) is 0. The number of cyclic esters (lactones) is 1. The molecule has 0 radical (unpaired) electrons. The number of fused-ring (bicyclic) bond motifs is 5. The van der Waals surface area contributed by atoms with E-state index in [1.54, 1.807) is 6.92 Å². The zero-order chi connectivity index (χ0) is 24.4. The molecule has 190 valence electrons. The molecule has 1 saturated heterocycles. The van der Waals surface area contributed by atoms with Crippen molar-refractivity contribution < 1.29 is 23.9 Å². The summed E-state index contributed by atoms with van der Waals surface area (Å²) >= 11 is 0. The van der Waals surface area contributed by atoms with E-state index in [9.17, 15) is 14.4 Å². The zero-order valence-corrected chi connectivity index (χ0v) is 21.8. The average Bonchev–Trinajstić information content (AvgIpc) is 3.11. The van der Waals surface area contributed by atoms with E-state index in [0.29, 0.717) is 54.1 Å². The van der Waals surface area contributed by atoms with E-state index < -0.39 is 0 Å². The van der Waals surface area contributed by atoms with Crippen molar-refractivity contribution in [3.63, 3.8) is 0 Å². The summed E-state index contributed by atoms with van der Waals surface area (Å²) in [6.07, 6.45) is 9.69. The second-order valence-corrected chi connectivity index (χ2v) is 13.2. The molecule has 4 aliphatic carbocycles. The molecule has 5 fully saturated rings. The van der Waals surface area contributed by atoms with Gasteiger partial charge in [-0.1, -0.05) is 27.7 Å². The minimum absolute atomic E-state index is 0.00628. The fourth-order valence-electron chi connectivity index (χ4n) is 9.84. The molecular weight excluding hydrogens is 428 g/mol. The van der Waals surface area contributed by atoms with Gasteiger partial charge in [0.15, 0.2) is 0 Å². The van der Waals surface area contributed by atoms with Crippen LogP contribution in [-0.2, 0) is 23.9 Å². The first kappa shape index (κ1) is 24.3. The highest BCUT2D eigenvalue weighted by Gasteiger charge is 2.65. The summed E-state index contributed by atoms with van der Waals surface area (Å²) in [6.45, 7) is 10.7. The Morgan fingerprint density at radius 2 is 1.82 bits per heavy atom. The quantitative estimate of drug-likeness (QED) is 0.490. The SMILES string of the molecule is CC(=O)O[C@@H]1C[C@]2(C)[C@@H]([C@H](C)[C@H]3CC[C@@H](C)C(=O)O3)CC[C@H]2[C@@H]2CC[C@H]3CC(=O)CC[C@]3(C)[C@H]21. The third kappa shape index (κ3) is 3.75. The van der Waals surface area contributed by atoms with Crippen LogP contribution in [0.5, 0.6) is 0 Å². The van der Waals surface area contributed by atoms with Gasteiger partial charge in [0.05, 0.1) is 5.92 Å². The summed E-state index contributed by atoms with van der Waals surface area (Å²) in [4.78, 5) is 36.9. The van der Waals surface area contributed by atoms with Crippen LogP contribution in [0.1, 0.15) is 98.8 Å². The van der Waals surface area contributed by atoms with Gasteiger partial charge in [0, 0.05) is 25.7 Å². The summed E-state index contributed by atoms with van der Waals surface area (Å²) in [5.41, 5.74) is 0.168. The molecule has 1 aliphatic heterocycles. The highest BCUT2D eigenvalue weighted by Crippen LogP contribution is 2.68. The Bertz CT molecular complexity index is 851. The molecule has 5 nitrogen and oxygen atoms in total. The van der Waals surface area contributed by atoms with E-state index in [2.05, 4.69) is 20.8 Å². The Hall–Kier alpha value is -1.39. The molecular formula is C29H44O5. The van der Waals surface area contributed by atoms with Gasteiger partial charge in [-0.3, -0.25) is 14.4 Å². The third-order valence-electron chi connectivity index (χ3n) is 11.6. The molecule has 0 amide bonds. The van der Waals surface area contributed by atoms with E-state index in [1.807, 2.05) is 6.92 Å². The monoisotopic (exact) mass is 472 g/mol. The first-order valence-electron chi connectivity index (χ1n) is 13.9. The molecule has 0 N–H and O–H groups in total. The van der Waals surface area contributed by atoms with E-state index in [1.165, 1.54) is 12.8 Å². The van der Waals surface area contributed by atoms with Gasteiger partial charge in [0.1, 0.15) is 18.0 Å². The van der Waals surface area contributed by atoms with Crippen molar-refractivity contribution in [2.24, 2.45) is 52.3 Å². The number of hydrogen-bond acceptors (Lipinski definition) is 5. The number of hydrogen-bond donors (Lipinski definition) is 0. The summed E-state index contributed by atoms with van der Waals surface area (Å²) in [7, 11) is 0. The molecule has 0 bridgehead atoms. The zero-order valence-electron chi connectivity index (χ0n) is 21.8. The second kappa shape index (κ2) is 8.62. The van der Waals surface area contributed by atoms with Gasteiger partial charge in [0.2, 0.25) is 0 Å². The number of ether oxygens (including phenoxy) is 2. The predicted molar refractivity (Wildman–Crippen MR) is 129 cm³/mol. The number of esters is 2. The Balaban J connectivity index is 1.44. The lowest BCUT2D eigenvalue weighted by Crippen LogP contribution is -2.60. The topological polar surface area (TPSA) is 69.7 Å². The maximum absolute atomic E-state index is 12.3. The van der Waals surface area contributed by atoms with Gasteiger partial charge < -0.3 is 9.47 Å². The molecule has 5 aliphatic rings. The molecule has 34 heavy (non-hydrogen) atoms. The van der Waals surface area contributed by atoms with Crippen LogP contribution in [0.3, 0.4) is 0 Å². The predicted octanol–water partition coefficient (Wildman–Crippen LogP) is 5.73. The molecule has 0 aromatic heterocycles. The lowest BCUT2D eigenvalue weighted by atomic mass is 9.43. The van der Waals surface area contributed by atoms with Crippen molar-refractivity contribution in [2.45, 2.75) is 111 Å². The van der Waals surface area contributed by atoms with Gasteiger partial charge in [-0.05, 0) is 91.8 Å². The van der Waals surface area contributed by atoms with Gasteiger partial charge >= 0.3 is 11.9 Å². The van der Waals surface area contributed by atoms with Crippen molar-refractivity contribution in [1.29, 1.82) is 0 Å². The fourth-order valence-corrected chi connectivity index (χ4v) is 9.84. The summed E-state index contributed by atoms with van der Waals surface area (Å²) in [6, 6.07) is 0. The summed E-state index contributed by atoms with van der Waals surface area (Å²) in [5.74, 6) is 2.94. The van der Waals surface area contributed by atoms with E-state index in [4.69, 9.17) is 9.47 Å². The lowest BCUT2D eigenvalue weighted by Gasteiger charge is -2.62. The van der Waals surface area contributed by atoms with Gasteiger partial charge in [0.25, 0.3) is 0 Å². The Morgan fingerprint density at radius 3 is 2.53 bits per heavy atom. The van der Waals surface area contributed by atoms with Crippen LogP contribution in [0.2, 0.25) is 0 Å². The molecule has 0 spiro atoms. The molecule has 0 unspecified atom stereocenters. The van der Waals surface area contributed by atoms with Crippen LogP contribution >= 0.6 is 0 Å². The van der Waals surface area contributed by atoms with Crippen LogP contribution in [0.15, 0.2) is 0 Å². The Morgan fingerprint density at radius 1 is 1.06 bits per heavy atom.